The van der Waals surface area contributed by atoms with Crippen LogP contribution >= 0.6 is 0 Å². The van der Waals surface area contributed by atoms with Gasteiger partial charge >= 0.3 is 12.2 Å². The van der Waals surface area contributed by atoms with Crippen molar-refractivity contribution in [1.82, 2.24) is 24.8 Å². The molecule has 3 N–H and O–H groups in total. The number of hydrogen-bond acceptors (Lipinski definition) is 9. The van der Waals surface area contributed by atoms with E-state index < -0.39 is 17.8 Å². The van der Waals surface area contributed by atoms with Crippen LogP contribution in [0.25, 0.3) is 22.2 Å². The van der Waals surface area contributed by atoms with Gasteiger partial charge in [-0.25, -0.2) is 19.7 Å². The van der Waals surface area contributed by atoms with Crippen LogP contribution in [-0.4, -0.2) is 72.1 Å². The summed E-state index contributed by atoms with van der Waals surface area (Å²) in [5, 5.41) is 9.58. The summed E-state index contributed by atoms with van der Waals surface area (Å²) in [5.41, 5.74) is 0.574. The maximum Gasteiger partial charge on any atom is 0.416 e. The van der Waals surface area contributed by atoms with E-state index in [1.54, 1.807) is 61.6 Å². The van der Waals surface area contributed by atoms with E-state index in [0.717, 1.165) is 12.1 Å². The zero-order valence-corrected chi connectivity index (χ0v) is 25.6. The van der Waals surface area contributed by atoms with Crippen LogP contribution in [0, 0.1) is 0 Å². The maximum atomic E-state index is 13.6. The van der Waals surface area contributed by atoms with Gasteiger partial charge in [-0.15, -0.1) is 0 Å². The number of aromatic nitrogens is 4. The van der Waals surface area contributed by atoms with Gasteiger partial charge in [0.25, 0.3) is 0 Å². The number of likely N-dealkylation sites (N-methyl/N-ethyl adjacent to an activating group) is 2. The normalized spacial score (nSPS) is 11.4. The second-order valence-corrected chi connectivity index (χ2v) is 10.5. The van der Waals surface area contributed by atoms with Crippen LogP contribution in [0.15, 0.2) is 79.3 Å². The van der Waals surface area contributed by atoms with E-state index in [4.69, 9.17) is 4.74 Å². The number of nitrogens with zero attached hydrogens (tertiary/aromatic N) is 6. The lowest BCUT2D eigenvalue weighted by Gasteiger charge is -2.25. The van der Waals surface area contributed by atoms with Crippen LogP contribution < -0.4 is 25.6 Å². The van der Waals surface area contributed by atoms with Crippen molar-refractivity contribution in [2.45, 2.75) is 6.18 Å². The van der Waals surface area contributed by atoms with Gasteiger partial charge < -0.3 is 30.5 Å². The van der Waals surface area contributed by atoms with Crippen molar-refractivity contribution in [3.63, 3.8) is 0 Å². The predicted octanol–water partition coefficient (Wildman–Crippen LogP) is 6.58. The summed E-state index contributed by atoms with van der Waals surface area (Å²) in [6.07, 6.45) is -1.61. The number of amides is 2. The fourth-order valence-electron chi connectivity index (χ4n) is 4.65. The molecule has 0 fully saturated rings. The highest BCUT2D eigenvalue weighted by Gasteiger charge is 2.31. The summed E-state index contributed by atoms with van der Waals surface area (Å²) in [7, 11) is 7.26. The van der Waals surface area contributed by atoms with Gasteiger partial charge in [0.15, 0.2) is 5.82 Å². The monoisotopic (exact) mass is 631 g/mol. The minimum absolute atomic E-state index is 0.0280. The Bertz CT molecular complexity index is 1850. The van der Waals surface area contributed by atoms with Gasteiger partial charge in [0.2, 0.25) is 11.8 Å². The Morgan fingerprint density at radius 3 is 2.37 bits per heavy atom. The third-order valence-corrected chi connectivity index (χ3v) is 7.01. The lowest BCUT2D eigenvalue weighted by molar-refractivity contribution is -0.137. The number of anilines is 4. The molecule has 0 saturated heterocycles. The summed E-state index contributed by atoms with van der Waals surface area (Å²) in [5.74, 6) is 1.46. The molecule has 14 heteroatoms. The topological polar surface area (TPSA) is 120 Å². The Hall–Kier alpha value is -5.50. The quantitative estimate of drug-likeness (QED) is 0.157. The van der Waals surface area contributed by atoms with E-state index in [0.29, 0.717) is 58.3 Å². The van der Waals surface area contributed by atoms with E-state index in [1.807, 2.05) is 31.1 Å². The molecule has 46 heavy (non-hydrogen) atoms. The third kappa shape index (κ3) is 7.41. The smallest absolute Gasteiger partial charge is 0.416 e. The molecule has 5 aromatic rings. The first-order valence-corrected chi connectivity index (χ1v) is 14.2. The molecule has 2 amide bonds. The van der Waals surface area contributed by atoms with Gasteiger partial charge in [-0.3, -0.25) is 0 Å². The van der Waals surface area contributed by atoms with Crippen molar-refractivity contribution >= 4 is 39.8 Å². The summed E-state index contributed by atoms with van der Waals surface area (Å²) in [4.78, 5) is 34.1. The minimum atomic E-state index is -4.58. The molecular weight excluding hydrogens is 599 g/mol. The van der Waals surface area contributed by atoms with Crippen LogP contribution in [0.4, 0.5) is 41.0 Å². The summed E-state index contributed by atoms with van der Waals surface area (Å²) >= 11 is 0. The number of halogens is 3. The number of nitrogens with one attached hydrogen (secondary N) is 3. The number of alkyl halides is 3. The average molecular weight is 632 g/mol. The van der Waals surface area contributed by atoms with Crippen molar-refractivity contribution in [1.29, 1.82) is 0 Å². The van der Waals surface area contributed by atoms with Crippen molar-refractivity contribution < 1.29 is 22.7 Å². The van der Waals surface area contributed by atoms with Crippen LogP contribution in [0.1, 0.15) is 5.56 Å². The summed E-state index contributed by atoms with van der Waals surface area (Å²) in [6, 6.07) is 16.7. The van der Waals surface area contributed by atoms with E-state index in [-0.39, 0.29) is 11.6 Å². The fraction of sp³-hybridized carbons (Fsp3) is 0.219. The predicted molar refractivity (Wildman–Crippen MR) is 173 cm³/mol. The highest BCUT2D eigenvalue weighted by Crippen LogP contribution is 2.38. The molecule has 0 atom stereocenters. The molecule has 3 aromatic carbocycles. The Morgan fingerprint density at radius 2 is 1.63 bits per heavy atom. The molecule has 2 aromatic heterocycles. The Balaban J connectivity index is 1.42. The third-order valence-electron chi connectivity index (χ3n) is 7.01. The van der Waals surface area contributed by atoms with E-state index >= 15 is 0 Å². The first-order valence-electron chi connectivity index (χ1n) is 14.2. The largest absolute Gasteiger partial charge is 0.438 e. The molecule has 5 rings (SSSR count). The Kier molecular flexibility index (Phi) is 9.47. The highest BCUT2D eigenvalue weighted by atomic mass is 19.4. The number of urea groups is 1. The van der Waals surface area contributed by atoms with Crippen LogP contribution in [0.2, 0.25) is 0 Å². The minimum Gasteiger partial charge on any atom is -0.438 e. The zero-order valence-electron chi connectivity index (χ0n) is 25.6. The number of carbonyl (C=O) groups excluding carboxylic acids is 1. The molecule has 0 bridgehead atoms. The van der Waals surface area contributed by atoms with Gasteiger partial charge in [-0.05, 0) is 56.6 Å². The molecule has 0 aliphatic carbocycles. The summed E-state index contributed by atoms with van der Waals surface area (Å²) < 4.78 is 47.0. The second kappa shape index (κ2) is 13.6. The SMILES string of the molecule is CNc1ncnc(-c2cccnc2Oc2ccc(NC(=O)Nc3cc(C(F)(F)F)ccc3N(C)CCN(C)C)c3ccccc23)n1. The van der Waals surface area contributed by atoms with E-state index in [9.17, 15) is 18.0 Å². The first kappa shape index (κ1) is 31.9. The number of fused-ring (bicyclic) bond motifs is 1. The number of pyridine rings is 1. The molecule has 0 unspecified atom stereocenters. The first-order chi connectivity index (χ1) is 22.0. The number of hydrogen-bond donors (Lipinski definition) is 3. The Labute approximate surface area is 263 Å². The second-order valence-electron chi connectivity index (χ2n) is 10.5. The molecule has 238 valence electrons. The molecule has 0 aliphatic heterocycles. The molecule has 2 heterocycles. The molecule has 0 aliphatic rings. The van der Waals surface area contributed by atoms with Gasteiger partial charge in [-0.1, -0.05) is 24.3 Å². The lowest BCUT2D eigenvalue weighted by Crippen LogP contribution is -2.30. The van der Waals surface area contributed by atoms with E-state index in [2.05, 4.69) is 35.9 Å². The van der Waals surface area contributed by atoms with Gasteiger partial charge in [0.1, 0.15) is 12.1 Å². The highest BCUT2D eigenvalue weighted by molar-refractivity contribution is 6.08. The number of carbonyl (C=O) groups is 1. The Morgan fingerprint density at radius 1 is 0.870 bits per heavy atom. The number of ether oxygens (including phenoxy) is 1. The van der Waals surface area contributed by atoms with E-state index in [1.165, 1.54) is 12.4 Å². The average Bonchev–Trinajstić information content (AvgIpc) is 3.04. The van der Waals surface area contributed by atoms with Gasteiger partial charge in [-0.2, -0.15) is 18.2 Å². The van der Waals surface area contributed by atoms with Gasteiger partial charge in [0, 0.05) is 44.2 Å². The molecule has 0 saturated carbocycles. The number of benzene rings is 3. The van der Waals surface area contributed by atoms with Crippen LogP contribution in [0.3, 0.4) is 0 Å². The van der Waals surface area contributed by atoms with Crippen molar-refractivity contribution in [2.24, 2.45) is 0 Å². The molecule has 0 radical (unpaired) electrons. The summed E-state index contributed by atoms with van der Waals surface area (Å²) in [6.45, 7) is 1.19. The van der Waals surface area contributed by atoms with Crippen molar-refractivity contribution in [3.05, 3.63) is 84.8 Å². The van der Waals surface area contributed by atoms with Crippen molar-refractivity contribution in [2.75, 3.05) is 62.1 Å². The van der Waals surface area contributed by atoms with Crippen molar-refractivity contribution in [3.8, 4) is 23.0 Å². The van der Waals surface area contributed by atoms with Crippen LogP contribution in [0.5, 0.6) is 11.6 Å². The van der Waals surface area contributed by atoms with Gasteiger partial charge in [0.05, 0.1) is 28.2 Å². The number of rotatable bonds is 10. The van der Waals surface area contributed by atoms with Crippen LogP contribution in [-0.2, 0) is 6.18 Å². The molecular formula is C32H32F3N9O2. The fourth-order valence-corrected chi connectivity index (χ4v) is 4.65. The maximum absolute atomic E-state index is 13.6. The molecule has 0 spiro atoms. The standard InChI is InChI=1S/C32H32F3N9O2/c1-36-30-39-19-38-28(42-30)23-10-7-15-37-29(23)46-27-14-12-24(21-8-5-6-9-22(21)27)40-31(45)41-25-18-20(32(33,34)35)11-13-26(25)44(4)17-16-43(2)3/h5-15,18-19H,16-17H2,1-4H3,(H2,40,41,45)(H,36,38,39,42). The zero-order chi connectivity index (χ0) is 32.8. The lowest BCUT2D eigenvalue weighted by atomic mass is 10.1. The molecule has 11 nitrogen and oxygen atoms in total.